The van der Waals surface area contributed by atoms with Crippen molar-refractivity contribution in [3.05, 3.63) is 35.2 Å². The zero-order valence-electron chi connectivity index (χ0n) is 8.75. The minimum Gasteiger partial charge on any atom is -0.370 e. The molecule has 3 heteroatoms. The van der Waals surface area contributed by atoms with E-state index in [0.29, 0.717) is 6.54 Å². The Balaban J connectivity index is 2.18. The normalized spacial score (nSPS) is 16.0. The van der Waals surface area contributed by atoms with E-state index >= 15 is 0 Å². The Morgan fingerprint density at radius 1 is 1.40 bits per heavy atom. The predicted molar refractivity (Wildman–Crippen MR) is 65.3 cm³/mol. The molecule has 1 aromatic carbocycles. The number of rotatable bonds is 3. The molecule has 0 aliphatic carbocycles. The van der Waals surface area contributed by atoms with Crippen molar-refractivity contribution in [2.45, 2.75) is 12.8 Å². The van der Waals surface area contributed by atoms with E-state index in [9.17, 15) is 0 Å². The summed E-state index contributed by atoms with van der Waals surface area (Å²) in [6.07, 6.45) is 4.33. The average molecular weight is 224 g/mol. The number of nitrogens with zero attached hydrogens (tertiary/aromatic N) is 1. The molecule has 2 rings (SSSR count). The maximum Gasteiger partial charge on any atom is 0.0642 e. The standard InChI is InChI=1S/C12H16ClN2/c13-11-9-10(5-6-14)3-4-12(11)15-7-1-2-8-15/h1,3-4,9H,2,5-8,14H2. The van der Waals surface area contributed by atoms with Crippen molar-refractivity contribution in [2.24, 2.45) is 5.73 Å². The average Bonchev–Trinajstić information content (AvgIpc) is 2.71. The summed E-state index contributed by atoms with van der Waals surface area (Å²) in [5, 5.41) is 0.844. The largest absolute Gasteiger partial charge is 0.370 e. The van der Waals surface area contributed by atoms with Crippen molar-refractivity contribution in [1.29, 1.82) is 0 Å². The van der Waals surface area contributed by atoms with E-state index in [0.717, 1.165) is 36.6 Å². The molecule has 1 aromatic rings. The van der Waals surface area contributed by atoms with E-state index in [1.807, 2.05) is 6.07 Å². The van der Waals surface area contributed by atoms with Crippen LogP contribution in [0.5, 0.6) is 0 Å². The molecule has 1 aliphatic rings. The number of hydrogen-bond donors (Lipinski definition) is 1. The second kappa shape index (κ2) is 4.86. The summed E-state index contributed by atoms with van der Waals surface area (Å²) in [7, 11) is 0. The molecule has 0 bridgehead atoms. The Bertz CT molecular complexity index is 332. The van der Waals surface area contributed by atoms with Gasteiger partial charge in [-0.25, -0.2) is 0 Å². The number of hydrogen-bond acceptors (Lipinski definition) is 2. The van der Waals surface area contributed by atoms with E-state index in [-0.39, 0.29) is 0 Å². The summed E-state index contributed by atoms with van der Waals surface area (Å²) in [5.41, 5.74) is 7.87. The van der Waals surface area contributed by atoms with E-state index < -0.39 is 0 Å². The highest BCUT2D eigenvalue weighted by Gasteiger charge is 2.15. The molecule has 15 heavy (non-hydrogen) atoms. The molecule has 1 heterocycles. The van der Waals surface area contributed by atoms with Crippen LogP contribution in [0.15, 0.2) is 18.2 Å². The van der Waals surface area contributed by atoms with Crippen LogP contribution in [-0.2, 0) is 6.42 Å². The Kier molecular flexibility index (Phi) is 3.49. The van der Waals surface area contributed by atoms with Crippen LogP contribution in [0, 0.1) is 6.42 Å². The van der Waals surface area contributed by atoms with Gasteiger partial charge in [0.1, 0.15) is 0 Å². The second-order valence-electron chi connectivity index (χ2n) is 3.85. The van der Waals surface area contributed by atoms with Gasteiger partial charge in [0.05, 0.1) is 10.7 Å². The summed E-state index contributed by atoms with van der Waals surface area (Å²) >= 11 is 6.25. The Hall–Kier alpha value is -0.730. The summed E-state index contributed by atoms with van der Waals surface area (Å²) in [5.74, 6) is 0. The first kappa shape index (κ1) is 10.8. The lowest BCUT2D eigenvalue weighted by Gasteiger charge is -2.19. The van der Waals surface area contributed by atoms with Crippen LogP contribution < -0.4 is 10.6 Å². The van der Waals surface area contributed by atoms with Crippen LogP contribution in [0.2, 0.25) is 5.02 Å². The van der Waals surface area contributed by atoms with Gasteiger partial charge in [-0.05, 0) is 43.5 Å². The van der Waals surface area contributed by atoms with E-state index in [1.165, 1.54) is 5.56 Å². The quantitative estimate of drug-likeness (QED) is 0.852. The second-order valence-corrected chi connectivity index (χ2v) is 4.26. The van der Waals surface area contributed by atoms with Gasteiger partial charge in [0, 0.05) is 13.1 Å². The van der Waals surface area contributed by atoms with Crippen LogP contribution >= 0.6 is 11.6 Å². The zero-order chi connectivity index (χ0) is 10.7. The smallest absolute Gasteiger partial charge is 0.0642 e. The molecule has 1 aliphatic heterocycles. The molecular weight excluding hydrogens is 208 g/mol. The molecule has 0 amide bonds. The maximum atomic E-state index is 6.25. The molecule has 0 unspecified atom stereocenters. The molecule has 0 saturated carbocycles. The highest BCUT2D eigenvalue weighted by Crippen LogP contribution is 2.29. The zero-order valence-corrected chi connectivity index (χ0v) is 9.50. The van der Waals surface area contributed by atoms with Crippen molar-refractivity contribution in [2.75, 3.05) is 24.5 Å². The van der Waals surface area contributed by atoms with Crippen LogP contribution in [0.25, 0.3) is 0 Å². The van der Waals surface area contributed by atoms with Crippen molar-refractivity contribution in [3.63, 3.8) is 0 Å². The minimum absolute atomic E-state index is 0.674. The van der Waals surface area contributed by atoms with Crippen molar-refractivity contribution in [3.8, 4) is 0 Å². The van der Waals surface area contributed by atoms with Gasteiger partial charge in [-0.15, -0.1) is 0 Å². The number of benzene rings is 1. The summed E-state index contributed by atoms with van der Waals surface area (Å²) < 4.78 is 0. The molecule has 2 N–H and O–H groups in total. The van der Waals surface area contributed by atoms with Crippen LogP contribution in [0.1, 0.15) is 12.0 Å². The molecule has 1 saturated heterocycles. The Morgan fingerprint density at radius 2 is 2.27 bits per heavy atom. The van der Waals surface area contributed by atoms with Gasteiger partial charge in [0.15, 0.2) is 0 Å². The Morgan fingerprint density at radius 3 is 2.87 bits per heavy atom. The highest BCUT2D eigenvalue weighted by atomic mass is 35.5. The Labute approximate surface area is 96.0 Å². The predicted octanol–water partition coefficient (Wildman–Crippen LogP) is 2.26. The number of halogens is 1. The first-order chi connectivity index (χ1) is 7.31. The molecule has 2 nitrogen and oxygen atoms in total. The molecule has 1 fully saturated rings. The lowest BCUT2D eigenvalue weighted by molar-refractivity contribution is 0.953. The van der Waals surface area contributed by atoms with Gasteiger partial charge >= 0.3 is 0 Å². The minimum atomic E-state index is 0.674. The molecule has 0 atom stereocenters. The van der Waals surface area contributed by atoms with Gasteiger partial charge < -0.3 is 10.6 Å². The van der Waals surface area contributed by atoms with Crippen LogP contribution in [0.4, 0.5) is 5.69 Å². The third-order valence-electron chi connectivity index (χ3n) is 2.74. The van der Waals surface area contributed by atoms with Gasteiger partial charge in [-0.2, -0.15) is 0 Å². The van der Waals surface area contributed by atoms with Crippen LogP contribution in [0.3, 0.4) is 0 Å². The highest BCUT2D eigenvalue weighted by molar-refractivity contribution is 6.33. The van der Waals surface area contributed by atoms with Gasteiger partial charge in [-0.1, -0.05) is 17.7 Å². The topological polar surface area (TPSA) is 29.3 Å². The third-order valence-corrected chi connectivity index (χ3v) is 3.04. The number of anilines is 1. The number of nitrogens with two attached hydrogens (primary N) is 1. The summed E-state index contributed by atoms with van der Waals surface area (Å²) in [6.45, 7) is 2.76. The molecule has 1 radical (unpaired) electrons. The first-order valence-corrected chi connectivity index (χ1v) is 5.74. The summed E-state index contributed by atoms with van der Waals surface area (Å²) in [4.78, 5) is 2.30. The molecule has 0 aromatic heterocycles. The van der Waals surface area contributed by atoms with Crippen molar-refractivity contribution in [1.82, 2.24) is 0 Å². The van der Waals surface area contributed by atoms with Gasteiger partial charge in [0.25, 0.3) is 0 Å². The third kappa shape index (κ3) is 2.44. The lowest BCUT2D eigenvalue weighted by Crippen LogP contribution is -2.18. The molecule has 0 spiro atoms. The van der Waals surface area contributed by atoms with Gasteiger partial charge in [0.2, 0.25) is 0 Å². The van der Waals surface area contributed by atoms with E-state index in [4.69, 9.17) is 17.3 Å². The lowest BCUT2D eigenvalue weighted by atomic mass is 10.1. The fourth-order valence-electron chi connectivity index (χ4n) is 1.93. The first-order valence-electron chi connectivity index (χ1n) is 5.36. The fraction of sp³-hybridized carbons (Fsp3) is 0.417. The van der Waals surface area contributed by atoms with E-state index in [2.05, 4.69) is 23.5 Å². The summed E-state index contributed by atoms with van der Waals surface area (Å²) in [6, 6.07) is 6.25. The monoisotopic (exact) mass is 223 g/mol. The molecular formula is C12H16ClN2. The van der Waals surface area contributed by atoms with Gasteiger partial charge in [-0.3, -0.25) is 0 Å². The maximum absolute atomic E-state index is 6.25. The van der Waals surface area contributed by atoms with Crippen molar-refractivity contribution < 1.29 is 0 Å². The molecule has 81 valence electrons. The SMILES string of the molecule is NCCc1ccc(N2C[CH]CC2)c(Cl)c1. The fourth-order valence-corrected chi connectivity index (χ4v) is 2.26. The van der Waals surface area contributed by atoms with Crippen molar-refractivity contribution >= 4 is 17.3 Å². The van der Waals surface area contributed by atoms with Crippen LogP contribution in [-0.4, -0.2) is 19.6 Å². The van der Waals surface area contributed by atoms with E-state index in [1.54, 1.807) is 0 Å².